The maximum absolute atomic E-state index is 14.0. The first kappa shape index (κ1) is 24.3. The molecule has 0 spiro atoms. The number of hydrogen-bond donors (Lipinski definition) is 0. The quantitative estimate of drug-likeness (QED) is 0.302. The smallest absolute Gasteiger partial charge is 0.423 e. The number of hydrogen-bond acceptors (Lipinski definition) is 4. The summed E-state index contributed by atoms with van der Waals surface area (Å²) in [5, 5.41) is 6.60. The van der Waals surface area contributed by atoms with Gasteiger partial charge in [0, 0.05) is 26.4 Å². The standard InChI is InChI=1S/C23H23F6N3O2/c1-30-31-20-19(23(27,28)29)17(9-12-32(20)18-13-22(18,25)26)34-16-7-10-21(33-2,11-8-16)14-3-5-15(24)6-4-14/h3-6,9,12,16,18H,1,7-8,10-11,13H2,2H3/b31-20-/t16-,18?,21+. The van der Waals surface area contributed by atoms with E-state index in [2.05, 4.69) is 16.9 Å². The van der Waals surface area contributed by atoms with Gasteiger partial charge in [-0.3, -0.25) is 0 Å². The second-order valence-corrected chi connectivity index (χ2v) is 8.53. The van der Waals surface area contributed by atoms with Gasteiger partial charge in [-0.1, -0.05) is 12.1 Å². The van der Waals surface area contributed by atoms with Gasteiger partial charge in [0.2, 0.25) is 0 Å². The van der Waals surface area contributed by atoms with Crippen LogP contribution in [-0.2, 0) is 16.5 Å². The summed E-state index contributed by atoms with van der Waals surface area (Å²) in [6.45, 7) is 3.08. The molecule has 184 valence electrons. The molecule has 0 aliphatic heterocycles. The number of halogens is 6. The zero-order chi connectivity index (χ0) is 24.7. The molecular weight excluding hydrogens is 464 g/mol. The van der Waals surface area contributed by atoms with E-state index in [0.717, 1.165) is 22.4 Å². The molecule has 1 atom stereocenters. The summed E-state index contributed by atoms with van der Waals surface area (Å²) in [6, 6.07) is 5.52. The second kappa shape index (κ2) is 8.75. The Morgan fingerprint density at radius 3 is 2.21 bits per heavy atom. The molecule has 1 heterocycles. The minimum absolute atomic E-state index is 0.365. The molecule has 2 fully saturated rings. The Balaban J connectivity index is 1.61. The van der Waals surface area contributed by atoms with Crippen molar-refractivity contribution in [1.82, 2.24) is 4.57 Å². The third-order valence-corrected chi connectivity index (χ3v) is 6.47. The minimum atomic E-state index is -4.93. The molecule has 11 heteroatoms. The SMILES string of the molecule is C=N/N=c1/c(C(F)(F)F)c(O[C@H]2CC[C@](OC)(c3ccc(F)cc3)CC2)ccn1C1CC1(F)F. The lowest BCUT2D eigenvalue weighted by atomic mass is 9.78. The minimum Gasteiger partial charge on any atom is -0.490 e. The normalized spacial score (nSPS) is 26.9. The summed E-state index contributed by atoms with van der Waals surface area (Å²) < 4.78 is 94.9. The van der Waals surface area contributed by atoms with Gasteiger partial charge in [0.05, 0.1) is 11.7 Å². The van der Waals surface area contributed by atoms with E-state index in [9.17, 15) is 26.3 Å². The van der Waals surface area contributed by atoms with E-state index in [1.165, 1.54) is 19.2 Å². The van der Waals surface area contributed by atoms with Gasteiger partial charge >= 0.3 is 6.18 Å². The van der Waals surface area contributed by atoms with E-state index < -0.39 is 53.1 Å². The van der Waals surface area contributed by atoms with Crippen molar-refractivity contribution in [2.24, 2.45) is 10.2 Å². The molecule has 1 aromatic carbocycles. The summed E-state index contributed by atoms with van der Waals surface area (Å²) in [7, 11) is 1.53. The Morgan fingerprint density at radius 1 is 1.09 bits per heavy atom. The van der Waals surface area contributed by atoms with Crippen LogP contribution < -0.4 is 10.2 Å². The molecule has 1 aromatic heterocycles. The lowest BCUT2D eigenvalue weighted by Gasteiger charge is -2.39. The average Bonchev–Trinajstić information content (AvgIpc) is 3.42. The molecule has 2 saturated carbocycles. The van der Waals surface area contributed by atoms with E-state index in [4.69, 9.17) is 9.47 Å². The van der Waals surface area contributed by atoms with Crippen molar-refractivity contribution >= 4 is 6.72 Å². The number of pyridine rings is 1. The molecule has 2 aliphatic rings. The molecule has 2 aliphatic carbocycles. The van der Waals surface area contributed by atoms with Crippen LogP contribution in [0.3, 0.4) is 0 Å². The molecule has 0 radical (unpaired) electrons. The molecule has 0 saturated heterocycles. The second-order valence-electron chi connectivity index (χ2n) is 8.53. The number of methoxy groups -OCH3 is 1. The largest absolute Gasteiger partial charge is 0.490 e. The highest BCUT2D eigenvalue weighted by Crippen LogP contribution is 2.52. The summed E-state index contributed by atoms with van der Waals surface area (Å²) in [4.78, 5) is 0. The van der Waals surface area contributed by atoms with Crippen LogP contribution in [0.15, 0.2) is 46.7 Å². The molecule has 2 aromatic rings. The highest BCUT2D eigenvalue weighted by Gasteiger charge is 2.59. The van der Waals surface area contributed by atoms with E-state index in [1.807, 2.05) is 0 Å². The Hall–Kier alpha value is -2.82. The monoisotopic (exact) mass is 487 g/mol. The predicted molar refractivity (Wildman–Crippen MR) is 111 cm³/mol. The van der Waals surface area contributed by atoms with Crippen LogP contribution in [0.2, 0.25) is 0 Å². The van der Waals surface area contributed by atoms with Crippen LogP contribution in [0.5, 0.6) is 5.75 Å². The summed E-state index contributed by atoms with van der Waals surface area (Å²) in [5.74, 6) is -4.01. The first-order valence-electron chi connectivity index (χ1n) is 10.7. The first-order valence-corrected chi connectivity index (χ1v) is 10.7. The third-order valence-electron chi connectivity index (χ3n) is 6.47. The van der Waals surface area contributed by atoms with Crippen molar-refractivity contribution in [3.63, 3.8) is 0 Å². The number of rotatable bonds is 6. The molecular formula is C23H23F6N3O2. The lowest BCUT2D eigenvalue weighted by molar-refractivity contribution is -0.141. The van der Waals surface area contributed by atoms with Crippen LogP contribution in [0.1, 0.15) is 49.3 Å². The summed E-state index contributed by atoms with van der Waals surface area (Å²) >= 11 is 0. The van der Waals surface area contributed by atoms with Crippen molar-refractivity contribution in [2.75, 3.05) is 7.11 Å². The number of nitrogens with zero attached hydrogens (tertiary/aromatic N) is 3. The van der Waals surface area contributed by atoms with E-state index in [0.29, 0.717) is 25.7 Å². The molecule has 1 unspecified atom stereocenters. The fourth-order valence-corrected chi connectivity index (χ4v) is 4.55. The van der Waals surface area contributed by atoms with Gasteiger partial charge in [-0.15, -0.1) is 5.10 Å². The van der Waals surface area contributed by atoms with E-state index in [1.54, 1.807) is 12.1 Å². The van der Waals surface area contributed by atoms with Gasteiger partial charge < -0.3 is 14.0 Å². The molecule has 34 heavy (non-hydrogen) atoms. The zero-order valence-electron chi connectivity index (χ0n) is 18.3. The topological polar surface area (TPSA) is 48.1 Å². The molecule has 4 rings (SSSR count). The molecule has 5 nitrogen and oxygen atoms in total. The van der Waals surface area contributed by atoms with Gasteiger partial charge in [0.25, 0.3) is 5.92 Å². The van der Waals surface area contributed by atoms with Crippen molar-refractivity contribution in [1.29, 1.82) is 0 Å². The molecule has 0 N–H and O–H groups in total. The van der Waals surface area contributed by atoms with Gasteiger partial charge in [-0.25, -0.2) is 13.2 Å². The maximum Gasteiger partial charge on any atom is 0.423 e. The Morgan fingerprint density at radius 2 is 1.71 bits per heavy atom. The van der Waals surface area contributed by atoms with Crippen molar-refractivity contribution in [2.45, 2.75) is 61.9 Å². The zero-order valence-corrected chi connectivity index (χ0v) is 18.3. The van der Waals surface area contributed by atoms with Gasteiger partial charge in [-0.05, 0) is 49.4 Å². The highest BCUT2D eigenvalue weighted by atomic mass is 19.4. The first-order chi connectivity index (χ1) is 16.0. The Labute approximate surface area is 191 Å². The lowest BCUT2D eigenvalue weighted by Crippen LogP contribution is -2.38. The Bertz CT molecular complexity index is 1120. The highest BCUT2D eigenvalue weighted by molar-refractivity contribution is 5.35. The van der Waals surface area contributed by atoms with Crippen LogP contribution in [-0.4, -0.2) is 30.4 Å². The van der Waals surface area contributed by atoms with E-state index in [-0.39, 0.29) is 5.82 Å². The third kappa shape index (κ3) is 4.57. The predicted octanol–water partition coefficient (Wildman–Crippen LogP) is 5.61. The Kier molecular flexibility index (Phi) is 6.26. The van der Waals surface area contributed by atoms with Gasteiger partial charge in [0.15, 0.2) is 5.49 Å². The van der Waals surface area contributed by atoms with Crippen molar-refractivity contribution < 1.29 is 35.8 Å². The van der Waals surface area contributed by atoms with Crippen molar-refractivity contribution in [3.8, 4) is 5.75 Å². The molecule has 0 bridgehead atoms. The summed E-state index contributed by atoms with van der Waals surface area (Å²) in [5.41, 5.74) is -1.97. The number of ether oxygens (including phenoxy) is 2. The maximum atomic E-state index is 14.0. The van der Waals surface area contributed by atoms with Gasteiger partial charge in [-0.2, -0.15) is 18.3 Å². The number of benzene rings is 1. The summed E-state index contributed by atoms with van der Waals surface area (Å²) in [6.07, 6.45) is -3.37. The number of alkyl halides is 5. The number of aromatic nitrogens is 1. The van der Waals surface area contributed by atoms with Gasteiger partial charge in [0.1, 0.15) is 23.2 Å². The van der Waals surface area contributed by atoms with Crippen LogP contribution in [0, 0.1) is 5.82 Å². The van der Waals surface area contributed by atoms with E-state index >= 15 is 0 Å². The fraction of sp³-hybridized carbons (Fsp3) is 0.478. The van der Waals surface area contributed by atoms with Crippen molar-refractivity contribution in [3.05, 3.63) is 59.0 Å². The van der Waals surface area contributed by atoms with Crippen LogP contribution >= 0.6 is 0 Å². The van der Waals surface area contributed by atoms with Crippen LogP contribution in [0.4, 0.5) is 26.3 Å². The van der Waals surface area contributed by atoms with Crippen LogP contribution in [0.25, 0.3) is 0 Å². The molecule has 0 amide bonds. The average molecular weight is 487 g/mol. The fourth-order valence-electron chi connectivity index (χ4n) is 4.55.